The first kappa shape index (κ1) is 7.67. The highest BCUT2D eigenvalue weighted by molar-refractivity contribution is 7.36. The minimum Gasteiger partial charge on any atom is -0.165 e. The van der Waals surface area contributed by atoms with E-state index in [4.69, 9.17) is 34.5 Å². The van der Waals surface area contributed by atoms with Crippen molar-refractivity contribution in [2.24, 2.45) is 0 Å². The summed E-state index contributed by atoms with van der Waals surface area (Å²) < 4.78 is 0. The van der Waals surface area contributed by atoms with Crippen LogP contribution < -0.4 is 0 Å². The van der Waals surface area contributed by atoms with Crippen LogP contribution in [0.3, 0.4) is 0 Å². The minimum atomic E-state index is -0.475. The molecule has 7 heavy (non-hydrogen) atoms. The van der Waals surface area contributed by atoms with E-state index in [0.29, 0.717) is 5.03 Å². The van der Waals surface area contributed by atoms with Crippen LogP contribution in [0.4, 0.5) is 0 Å². The van der Waals surface area contributed by atoms with Gasteiger partial charge in [0.1, 0.15) is 0 Å². The fourth-order valence-corrected chi connectivity index (χ4v) is 0.807. The van der Waals surface area contributed by atoms with Crippen molar-refractivity contribution in [3.05, 3.63) is 11.0 Å². The first-order valence-electron chi connectivity index (χ1n) is 1.75. The van der Waals surface area contributed by atoms with E-state index in [-0.39, 0.29) is 0 Å². The van der Waals surface area contributed by atoms with Gasteiger partial charge in [0.2, 0.25) is 0 Å². The third kappa shape index (κ3) is 6.67. The molecule has 0 saturated carbocycles. The molecule has 0 aliphatic heterocycles. The summed E-state index contributed by atoms with van der Waals surface area (Å²) in [6, 6.07) is 0. The molecule has 0 fully saturated rings. The van der Waals surface area contributed by atoms with Crippen LogP contribution >= 0.6 is 34.5 Å². The monoisotopic (exact) mass is 156 g/mol. The highest BCUT2D eigenvalue weighted by atomic mass is 35.5. The van der Waals surface area contributed by atoms with Crippen molar-refractivity contribution in [2.45, 2.75) is 6.92 Å². The van der Waals surface area contributed by atoms with Gasteiger partial charge in [0.15, 0.2) is 0 Å². The van der Waals surface area contributed by atoms with E-state index in [1.807, 2.05) is 0 Å². The highest BCUT2D eigenvalue weighted by Crippen LogP contribution is 2.04. The lowest BCUT2D eigenvalue weighted by atomic mass is 10.1. The fraction of sp³-hybridized carbons (Fsp3) is 0.333. The van der Waals surface area contributed by atoms with E-state index in [2.05, 4.69) is 0 Å². The van der Waals surface area contributed by atoms with Gasteiger partial charge in [-0.2, -0.15) is 22.9 Å². The van der Waals surface area contributed by atoms with E-state index in [0.717, 1.165) is 0 Å². The van der Waals surface area contributed by atoms with Gasteiger partial charge in [-0.25, -0.2) is 0 Å². The molecular weight excluding hydrogens is 153 g/mol. The summed E-state index contributed by atoms with van der Waals surface area (Å²) in [5.74, 6) is 1.55. The third-order valence-electron chi connectivity index (χ3n) is 0.356. The molecule has 0 aliphatic carbocycles. The van der Waals surface area contributed by atoms with Crippen LogP contribution in [-0.4, -0.2) is 5.54 Å². The van der Waals surface area contributed by atoms with Gasteiger partial charge in [0.25, 0.3) is 0 Å². The summed E-state index contributed by atoms with van der Waals surface area (Å²) in [6.07, 6.45) is 0. The Balaban J connectivity index is 3.45. The number of hydrogen-bond donors (Lipinski definition) is 0. The van der Waals surface area contributed by atoms with Gasteiger partial charge in [-0.1, -0.05) is 17.6 Å². The second-order valence-electron chi connectivity index (χ2n) is 1.09. The summed E-state index contributed by atoms with van der Waals surface area (Å²) in [4.78, 5) is 0. The van der Waals surface area contributed by atoms with Crippen molar-refractivity contribution in [1.29, 1.82) is 0 Å². The van der Waals surface area contributed by atoms with Gasteiger partial charge in [-0.05, 0) is 6.92 Å². The van der Waals surface area contributed by atoms with Crippen molar-refractivity contribution in [2.75, 3.05) is 0 Å². The zero-order chi connectivity index (χ0) is 5.86. The van der Waals surface area contributed by atoms with E-state index < -0.39 is 5.54 Å². The summed E-state index contributed by atoms with van der Waals surface area (Å²) in [6.45, 7) is 1.72. The Kier molecular flexibility index (Phi) is 4.00. The van der Waals surface area contributed by atoms with E-state index in [9.17, 15) is 0 Å². The molecule has 0 unspecified atom stereocenters. The lowest BCUT2D eigenvalue weighted by molar-refractivity contribution is 1.70. The van der Waals surface area contributed by atoms with E-state index >= 15 is 0 Å². The molecule has 0 N–H and O–H groups in total. The summed E-state index contributed by atoms with van der Waals surface area (Å²) >= 11 is 15.9. The maximum atomic E-state index is 5.36. The van der Waals surface area contributed by atoms with Crippen molar-refractivity contribution in [3.63, 3.8) is 0 Å². The molecule has 4 heteroatoms. The maximum absolute atomic E-state index is 5.36. The molecule has 0 aromatic rings. The molecule has 0 nitrogen and oxygen atoms in total. The van der Waals surface area contributed by atoms with Crippen molar-refractivity contribution in [1.82, 2.24) is 0 Å². The predicted octanol–water partition coefficient (Wildman–Crippen LogP) is 2.63. The van der Waals surface area contributed by atoms with Gasteiger partial charge in [-0.15, -0.1) is 0 Å². The molecule has 0 amide bonds. The molecule has 0 aromatic carbocycles. The van der Waals surface area contributed by atoms with Crippen LogP contribution in [0.1, 0.15) is 6.92 Å². The Morgan fingerprint density at radius 1 is 1.57 bits per heavy atom. The standard InChI is InChI=1S/C3H4BCl3/c1-3(5)2-4(6)7/h2H,1H3/b3-2+. The Morgan fingerprint density at radius 2 is 2.00 bits per heavy atom. The van der Waals surface area contributed by atoms with Gasteiger partial charge in [0.05, 0.1) is 0 Å². The second kappa shape index (κ2) is 3.65. The number of rotatable bonds is 1. The largest absolute Gasteiger partial charge is 0.376 e. The average Bonchev–Trinajstić information content (AvgIpc) is 1.27. The SMILES string of the molecule is C/C(Cl)=C\B(Cl)Cl. The van der Waals surface area contributed by atoms with Crippen LogP contribution in [0, 0.1) is 0 Å². The van der Waals surface area contributed by atoms with Gasteiger partial charge in [0, 0.05) is 5.03 Å². The number of allylic oxidation sites excluding steroid dienone is 1. The van der Waals surface area contributed by atoms with Crippen molar-refractivity contribution >= 4 is 40.1 Å². The molecule has 0 rings (SSSR count). The van der Waals surface area contributed by atoms with Crippen LogP contribution in [0.25, 0.3) is 0 Å². The smallest absolute Gasteiger partial charge is 0.165 e. The predicted molar refractivity (Wildman–Crippen MR) is 37.1 cm³/mol. The molecule has 40 valence electrons. The molecule has 0 aliphatic rings. The molecule has 0 heterocycles. The Hall–Kier alpha value is 0.675. The zero-order valence-electron chi connectivity index (χ0n) is 3.79. The average molecular weight is 157 g/mol. The first-order chi connectivity index (χ1) is 3.13. The minimum absolute atomic E-state index is 0.475. The molecule has 0 saturated heterocycles. The number of hydrogen-bond acceptors (Lipinski definition) is 0. The summed E-state index contributed by atoms with van der Waals surface area (Å²) in [5, 5.41) is 0.620. The number of halogens is 3. The fourth-order valence-electron chi connectivity index (χ4n) is 0.174. The van der Waals surface area contributed by atoms with E-state index in [1.165, 1.54) is 0 Å². The highest BCUT2D eigenvalue weighted by Gasteiger charge is 1.97. The molecule has 0 spiro atoms. The second-order valence-corrected chi connectivity index (χ2v) is 2.85. The quantitative estimate of drug-likeness (QED) is 0.513. The van der Waals surface area contributed by atoms with E-state index in [1.54, 1.807) is 12.9 Å². The van der Waals surface area contributed by atoms with Crippen LogP contribution in [0.2, 0.25) is 0 Å². The lowest BCUT2D eigenvalue weighted by Gasteiger charge is -1.82. The van der Waals surface area contributed by atoms with Gasteiger partial charge >= 0.3 is 5.54 Å². The first-order valence-corrected chi connectivity index (χ1v) is 3.00. The van der Waals surface area contributed by atoms with Gasteiger partial charge in [-0.3, -0.25) is 0 Å². The van der Waals surface area contributed by atoms with Crippen LogP contribution in [0.5, 0.6) is 0 Å². The molecule has 0 aromatic heterocycles. The van der Waals surface area contributed by atoms with Crippen LogP contribution in [-0.2, 0) is 0 Å². The Morgan fingerprint density at radius 3 is 2.00 bits per heavy atom. The van der Waals surface area contributed by atoms with Gasteiger partial charge < -0.3 is 0 Å². The van der Waals surface area contributed by atoms with Crippen molar-refractivity contribution in [3.8, 4) is 0 Å². The Labute approximate surface area is 58.3 Å². The van der Waals surface area contributed by atoms with Crippen molar-refractivity contribution < 1.29 is 0 Å². The molecule has 0 radical (unpaired) electrons. The summed E-state index contributed by atoms with van der Waals surface area (Å²) in [5.41, 5.74) is -0.475. The molecule has 0 atom stereocenters. The normalized spacial score (nSPS) is 11.7. The molecule has 0 bridgehead atoms. The lowest BCUT2D eigenvalue weighted by Crippen LogP contribution is -1.83. The van der Waals surface area contributed by atoms with Crippen LogP contribution in [0.15, 0.2) is 11.0 Å². The zero-order valence-corrected chi connectivity index (χ0v) is 6.06. The topological polar surface area (TPSA) is 0 Å². The summed E-state index contributed by atoms with van der Waals surface area (Å²) in [7, 11) is 0. The Bertz CT molecular complexity index is 74.2. The maximum Gasteiger partial charge on any atom is 0.376 e. The third-order valence-corrected chi connectivity index (χ3v) is 0.734. The molecular formula is C3H4BCl3.